The van der Waals surface area contributed by atoms with Crippen LogP contribution in [0, 0.1) is 0 Å². The number of amides is 2. The van der Waals surface area contributed by atoms with Crippen molar-refractivity contribution in [2.45, 2.75) is 5.92 Å². The number of ether oxygens (including phenoxy) is 1. The standard InChI is InChI=1S/C17H19N3O3/c1-2-15(21)20-7-8-23-10-11(9-20)12-3-4-14(17(18)22)16-13(12)5-6-19-16/h2-6,11,19H,1,7-10H2,(H2,18,22). The molecule has 0 saturated carbocycles. The number of rotatable bonds is 3. The van der Waals surface area contributed by atoms with Crippen LogP contribution in [0.15, 0.2) is 37.1 Å². The fraction of sp³-hybridized carbons (Fsp3) is 0.294. The molecule has 23 heavy (non-hydrogen) atoms. The Balaban J connectivity index is 2.00. The molecule has 6 nitrogen and oxygen atoms in total. The predicted octanol–water partition coefficient (Wildman–Crippen LogP) is 1.40. The minimum atomic E-state index is -0.468. The third-order valence-corrected chi connectivity index (χ3v) is 4.21. The van der Waals surface area contributed by atoms with Gasteiger partial charge in [-0.1, -0.05) is 12.6 Å². The molecule has 1 atom stereocenters. The minimum Gasteiger partial charge on any atom is -0.379 e. The van der Waals surface area contributed by atoms with Crippen molar-refractivity contribution in [3.63, 3.8) is 0 Å². The molecular weight excluding hydrogens is 294 g/mol. The van der Waals surface area contributed by atoms with E-state index in [0.717, 1.165) is 16.5 Å². The zero-order chi connectivity index (χ0) is 16.4. The van der Waals surface area contributed by atoms with Crippen molar-refractivity contribution in [2.24, 2.45) is 5.73 Å². The molecule has 120 valence electrons. The van der Waals surface area contributed by atoms with Gasteiger partial charge in [0.15, 0.2) is 0 Å². The van der Waals surface area contributed by atoms with E-state index in [1.165, 1.54) is 6.08 Å². The molecule has 1 aromatic carbocycles. The van der Waals surface area contributed by atoms with Crippen LogP contribution in [0.2, 0.25) is 0 Å². The van der Waals surface area contributed by atoms with Gasteiger partial charge in [0.1, 0.15) is 0 Å². The van der Waals surface area contributed by atoms with E-state index in [4.69, 9.17) is 10.5 Å². The fourth-order valence-corrected chi connectivity index (χ4v) is 3.07. The quantitative estimate of drug-likeness (QED) is 0.839. The molecule has 1 aliphatic heterocycles. The van der Waals surface area contributed by atoms with Crippen molar-refractivity contribution in [1.29, 1.82) is 0 Å². The van der Waals surface area contributed by atoms with Crippen LogP contribution in [0.25, 0.3) is 10.9 Å². The lowest BCUT2D eigenvalue weighted by molar-refractivity contribution is -0.126. The van der Waals surface area contributed by atoms with Crippen molar-refractivity contribution in [3.05, 3.63) is 48.2 Å². The third kappa shape index (κ3) is 2.85. The van der Waals surface area contributed by atoms with Gasteiger partial charge in [0.25, 0.3) is 5.91 Å². The highest BCUT2D eigenvalue weighted by Gasteiger charge is 2.24. The molecule has 2 amide bonds. The van der Waals surface area contributed by atoms with Crippen LogP contribution in [0.1, 0.15) is 21.8 Å². The number of hydrogen-bond acceptors (Lipinski definition) is 3. The summed E-state index contributed by atoms with van der Waals surface area (Å²) < 4.78 is 5.66. The van der Waals surface area contributed by atoms with Gasteiger partial charge in [-0.3, -0.25) is 9.59 Å². The topological polar surface area (TPSA) is 88.4 Å². The lowest BCUT2D eigenvalue weighted by atomic mass is 9.94. The number of primary amides is 1. The van der Waals surface area contributed by atoms with Crippen LogP contribution in [0.5, 0.6) is 0 Å². The lowest BCUT2D eigenvalue weighted by Gasteiger charge is -2.23. The van der Waals surface area contributed by atoms with Crippen molar-refractivity contribution in [1.82, 2.24) is 9.88 Å². The van der Waals surface area contributed by atoms with Crippen LogP contribution in [0.4, 0.5) is 0 Å². The summed E-state index contributed by atoms with van der Waals surface area (Å²) in [7, 11) is 0. The average molecular weight is 313 g/mol. The van der Waals surface area contributed by atoms with E-state index in [0.29, 0.717) is 31.9 Å². The van der Waals surface area contributed by atoms with Crippen LogP contribution in [-0.2, 0) is 9.53 Å². The second-order valence-corrected chi connectivity index (χ2v) is 5.59. The molecular formula is C17H19N3O3. The van der Waals surface area contributed by atoms with Gasteiger partial charge in [0.2, 0.25) is 5.91 Å². The number of fused-ring (bicyclic) bond motifs is 1. The number of carbonyl (C=O) groups is 2. The first-order chi connectivity index (χ1) is 11.1. The van der Waals surface area contributed by atoms with Gasteiger partial charge in [-0.15, -0.1) is 0 Å². The summed E-state index contributed by atoms with van der Waals surface area (Å²) in [4.78, 5) is 28.3. The van der Waals surface area contributed by atoms with Gasteiger partial charge in [0, 0.05) is 30.6 Å². The first-order valence-electron chi connectivity index (χ1n) is 7.50. The van der Waals surface area contributed by atoms with Crippen LogP contribution in [-0.4, -0.2) is 48.0 Å². The molecule has 1 saturated heterocycles. The highest BCUT2D eigenvalue weighted by Crippen LogP contribution is 2.29. The second kappa shape index (κ2) is 6.26. The summed E-state index contributed by atoms with van der Waals surface area (Å²) in [6, 6.07) is 5.54. The van der Waals surface area contributed by atoms with E-state index in [9.17, 15) is 9.59 Å². The summed E-state index contributed by atoms with van der Waals surface area (Å²) in [5.74, 6) is -0.536. The van der Waals surface area contributed by atoms with Gasteiger partial charge in [-0.2, -0.15) is 0 Å². The van der Waals surface area contributed by atoms with Crippen LogP contribution >= 0.6 is 0 Å². The molecule has 2 aromatic rings. The van der Waals surface area contributed by atoms with E-state index in [1.54, 1.807) is 17.2 Å². The first-order valence-corrected chi connectivity index (χ1v) is 7.50. The molecule has 1 aromatic heterocycles. The summed E-state index contributed by atoms with van der Waals surface area (Å²) >= 11 is 0. The maximum atomic E-state index is 11.9. The normalized spacial score (nSPS) is 18.6. The Bertz CT molecular complexity index is 766. The zero-order valence-electron chi connectivity index (χ0n) is 12.7. The lowest BCUT2D eigenvalue weighted by Crippen LogP contribution is -2.34. The Morgan fingerprint density at radius 2 is 2.22 bits per heavy atom. The number of nitrogens with zero attached hydrogens (tertiary/aromatic N) is 1. The Hall–Kier alpha value is -2.60. The van der Waals surface area contributed by atoms with Crippen molar-refractivity contribution >= 4 is 22.7 Å². The maximum Gasteiger partial charge on any atom is 0.250 e. The Morgan fingerprint density at radius 1 is 1.39 bits per heavy atom. The van der Waals surface area contributed by atoms with Gasteiger partial charge in [-0.25, -0.2) is 0 Å². The third-order valence-electron chi connectivity index (χ3n) is 4.21. The number of nitrogens with two attached hydrogens (primary N) is 1. The Kier molecular flexibility index (Phi) is 4.16. The molecule has 3 rings (SSSR count). The molecule has 1 unspecified atom stereocenters. The van der Waals surface area contributed by atoms with Crippen molar-refractivity contribution in [2.75, 3.05) is 26.3 Å². The van der Waals surface area contributed by atoms with Crippen molar-refractivity contribution < 1.29 is 14.3 Å². The SMILES string of the molecule is C=CC(=O)N1CCOCC(c2ccc(C(N)=O)c3[nH]ccc23)C1. The van der Waals surface area contributed by atoms with Crippen LogP contribution in [0.3, 0.4) is 0 Å². The summed E-state index contributed by atoms with van der Waals surface area (Å²) in [6.45, 7) is 5.69. The summed E-state index contributed by atoms with van der Waals surface area (Å²) in [5, 5.41) is 0.933. The predicted molar refractivity (Wildman–Crippen MR) is 87.2 cm³/mol. The number of benzene rings is 1. The average Bonchev–Trinajstić information content (AvgIpc) is 2.90. The molecule has 6 heteroatoms. The van der Waals surface area contributed by atoms with Gasteiger partial charge in [-0.05, 0) is 23.8 Å². The molecule has 0 bridgehead atoms. The molecule has 3 N–H and O–H groups in total. The van der Waals surface area contributed by atoms with E-state index in [1.807, 2.05) is 12.1 Å². The zero-order valence-corrected chi connectivity index (χ0v) is 12.7. The number of hydrogen-bond donors (Lipinski definition) is 2. The van der Waals surface area contributed by atoms with E-state index < -0.39 is 5.91 Å². The van der Waals surface area contributed by atoms with Gasteiger partial charge in [0.05, 0.1) is 24.3 Å². The molecule has 1 fully saturated rings. The van der Waals surface area contributed by atoms with Gasteiger partial charge < -0.3 is 20.4 Å². The van der Waals surface area contributed by atoms with E-state index >= 15 is 0 Å². The number of aromatic amines is 1. The second-order valence-electron chi connectivity index (χ2n) is 5.59. The number of nitrogens with one attached hydrogen (secondary N) is 1. The largest absolute Gasteiger partial charge is 0.379 e. The number of aromatic nitrogens is 1. The monoisotopic (exact) mass is 313 g/mol. The Morgan fingerprint density at radius 3 is 2.96 bits per heavy atom. The Labute approximate surface area is 133 Å². The molecule has 0 spiro atoms. The minimum absolute atomic E-state index is 0.0293. The maximum absolute atomic E-state index is 11.9. The smallest absolute Gasteiger partial charge is 0.250 e. The fourth-order valence-electron chi connectivity index (χ4n) is 3.07. The summed E-state index contributed by atoms with van der Waals surface area (Å²) in [6.07, 6.45) is 3.11. The van der Waals surface area contributed by atoms with Gasteiger partial charge >= 0.3 is 0 Å². The van der Waals surface area contributed by atoms with E-state index in [-0.39, 0.29) is 11.8 Å². The summed E-state index contributed by atoms with van der Waals surface area (Å²) in [5.41, 5.74) is 7.65. The number of H-pyrrole nitrogens is 1. The molecule has 0 aliphatic carbocycles. The highest BCUT2D eigenvalue weighted by atomic mass is 16.5. The first kappa shape index (κ1) is 15.3. The van der Waals surface area contributed by atoms with Crippen molar-refractivity contribution in [3.8, 4) is 0 Å². The molecule has 1 aliphatic rings. The highest BCUT2D eigenvalue weighted by molar-refractivity contribution is 6.05. The van der Waals surface area contributed by atoms with E-state index in [2.05, 4.69) is 11.6 Å². The van der Waals surface area contributed by atoms with Crippen LogP contribution < -0.4 is 5.73 Å². The number of carbonyl (C=O) groups excluding carboxylic acids is 2. The molecule has 2 heterocycles. The molecule has 0 radical (unpaired) electrons.